The first-order valence-electron chi connectivity index (χ1n) is 3.93. The van der Waals surface area contributed by atoms with Crippen molar-refractivity contribution >= 4 is 0 Å². The summed E-state index contributed by atoms with van der Waals surface area (Å²) < 4.78 is 1.85. The summed E-state index contributed by atoms with van der Waals surface area (Å²) in [6.45, 7) is 4.06. The van der Waals surface area contributed by atoms with Crippen LogP contribution in [0, 0.1) is 0 Å². The maximum absolute atomic E-state index is 5.72. The predicted molar refractivity (Wildman–Crippen MR) is 45.2 cm³/mol. The summed E-state index contributed by atoms with van der Waals surface area (Å²) in [4.78, 5) is 0. The van der Waals surface area contributed by atoms with Gasteiger partial charge in [-0.3, -0.25) is 4.68 Å². The van der Waals surface area contributed by atoms with Crippen molar-refractivity contribution in [2.75, 3.05) is 0 Å². The number of hydrogen-bond acceptors (Lipinski definition) is 2. The SMILES string of the molecule is CCc1cc(C(C)N)n(C)n1. The Balaban J connectivity index is 2.97. The van der Waals surface area contributed by atoms with Crippen LogP contribution >= 0.6 is 0 Å². The molecule has 0 amide bonds. The molecule has 0 aliphatic rings. The third kappa shape index (κ3) is 1.60. The molecule has 0 aromatic carbocycles. The quantitative estimate of drug-likeness (QED) is 0.689. The molecular weight excluding hydrogens is 138 g/mol. The molecule has 11 heavy (non-hydrogen) atoms. The van der Waals surface area contributed by atoms with Crippen molar-refractivity contribution in [3.8, 4) is 0 Å². The van der Waals surface area contributed by atoms with Gasteiger partial charge in [0.1, 0.15) is 0 Å². The molecule has 1 unspecified atom stereocenters. The lowest BCUT2D eigenvalue weighted by molar-refractivity contribution is 0.649. The number of nitrogens with zero attached hydrogens (tertiary/aromatic N) is 2. The fourth-order valence-corrected chi connectivity index (χ4v) is 1.14. The molecule has 0 bridgehead atoms. The van der Waals surface area contributed by atoms with E-state index < -0.39 is 0 Å². The van der Waals surface area contributed by atoms with Gasteiger partial charge in [-0.15, -0.1) is 0 Å². The average molecular weight is 153 g/mol. The highest BCUT2D eigenvalue weighted by atomic mass is 15.3. The van der Waals surface area contributed by atoms with Crippen molar-refractivity contribution < 1.29 is 0 Å². The Hall–Kier alpha value is -0.830. The summed E-state index contributed by atoms with van der Waals surface area (Å²) in [7, 11) is 1.93. The standard InChI is InChI=1S/C8H15N3/c1-4-7-5-8(6(2)9)11(3)10-7/h5-6H,4,9H2,1-3H3. The van der Waals surface area contributed by atoms with Crippen LogP contribution in [0.3, 0.4) is 0 Å². The number of aromatic nitrogens is 2. The fraction of sp³-hybridized carbons (Fsp3) is 0.625. The van der Waals surface area contributed by atoms with Crippen LogP contribution in [0.25, 0.3) is 0 Å². The third-order valence-corrected chi connectivity index (χ3v) is 1.80. The largest absolute Gasteiger partial charge is 0.323 e. The smallest absolute Gasteiger partial charge is 0.0625 e. The average Bonchev–Trinajstić information content (AvgIpc) is 2.30. The number of rotatable bonds is 2. The third-order valence-electron chi connectivity index (χ3n) is 1.80. The van der Waals surface area contributed by atoms with Gasteiger partial charge in [0.05, 0.1) is 11.4 Å². The van der Waals surface area contributed by atoms with E-state index in [1.54, 1.807) is 0 Å². The first-order valence-corrected chi connectivity index (χ1v) is 3.93. The Bertz CT molecular complexity index is 237. The molecule has 1 rings (SSSR count). The van der Waals surface area contributed by atoms with E-state index >= 15 is 0 Å². The van der Waals surface area contributed by atoms with E-state index in [9.17, 15) is 0 Å². The van der Waals surface area contributed by atoms with E-state index in [1.807, 2.05) is 18.7 Å². The first-order chi connectivity index (χ1) is 5.15. The van der Waals surface area contributed by atoms with E-state index in [-0.39, 0.29) is 6.04 Å². The van der Waals surface area contributed by atoms with Crippen LogP contribution in [0.4, 0.5) is 0 Å². The highest BCUT2D eigenvalue weighted by Gasteiger charge is 2.06. The van der Waals surface area contributed by atoms with Gasteiger partial charge >= 0.3 is 0 Å². The monoisotopic (exact) mass is 153 g/mol. The fourth-order valence-electron chi connectivity index (χ4n) is 1.14. The summed E-state index contributed by atoms with van der Waals surface area (Å²) in [5.74, 6) is 0. The maximum Gasteiger partial charge on any atom is 0.0625 e. The minimum Gasteiger partial charge on any atom is -0.323 e. The zero-order chi connectivity index (χ0) is 8.43. The molecule has 0 spiro atoms. The van der Waals surface area contributed by atoms with Gasteiger partial charge in [-0.2, -0.15) is 5.10 Å². The summed E-state index contributed by atoms with van der Waals surface area (Å²) in [5.41, 5.74) is 7.93. The zero-order valence-corrected chi connectivity index (χ0v) is 7.33. The molecule has 0 saturated heterocycles. The lowest BCUT2D eigenvalue weighted by Gasteiger charge is -2.03. The summed E-state index contributed by atoms with van der Waals surface area (Å²) in [6, 6.07) is 2.14. The van der Waals surface area contributed by atoms with Gasteiger partial charge in [-0.05, 0) is 19.4 Å². The van der Waals surface area contributed by atoms with E-state index in [4.69, 9.17) is 5.73 Å². The molecule has 3 nitrogen and oxygen atoms in total. The highest BCUT2D eigenvalue weighted by Crippen LogP contribution is 2.10. The second-order valence-corrected chi connectivity index (χ2v) is 2.83. The number of nitrogens with two attached hydrogens (primary N) is 1. The second kappa shape index (κ2) is 3.05. The molecule has 1 heterocycles. The van der Waals surface area contributed by atoms with Gasteiger partial charge in [0.25, 0.3) is 0 Å². The molecule has 0 saturated carbocycles. The minimum atomic E-state index is 0.0767. The Morgan fingerprint density at radius 1 is 1.73 bits per heavy atom. The summed E-state index contributed by atoms with van der Waals surface area (Å²) in [5, 5.41) is 4.29. The van der Waals surface area contributed by atoms with Crippen molar-refractivity contribution in [3.05, 3.63) is 17.5 Å². The van der Waals surface area contributed by atoms with Crippen molar-refractivity contribution in [1.82, 2.24) is 9.78 Å². The van der Waals surface area contributed by atoms with Crippen molar-refractivity contribution in [3.63, 3.8) is 0 Å². The van der Waals surface area contributed by atoms with Crippen LogP contribution in [0.2, 0.25) is 0 Å². The number of hydrogen-bond donors (Lipinski definition) is 1. The molecule has 0 aliphatic heterocycles. The topological polar surface area (TPSA) is 43.8 Å². The van der Waals surface area contributed by atoms with Crippen molar-refractivity contribution in [2.24, 2.45) is 12.8 Å². The molecule has 2 N–H and O–H groups in total. The molecule has 0 radical (unpaired) electrons. The molecule has 62 valence electrons. The summed E-state index contributed by atoms with van der Waals surface area (Å²) in [6.07, 6.45) is 0.973. The van der Waals surface area contributed by atoms with Crippen LogP contribution in [0.15, 0.2) is 6.07 Å². The van der Waals surface area contributed by atoms with Gasteiger partial charge in [-0.25, -0.2) is 0 Å². The minimum absolute atomic E-state index is 0.0767. The van der Waals surface area contributed by atoms with Crippen LogP contribution < -0.4 is 5.73 Å². The molecule has 0 fully saturated rings. The van der Waals surface area contributed by atoms with Gasteiger partial charge in [-0.1, -0.05) is 6.92 Å². The normalized spacial score (nSPS) is 13.5. The predicted octanol–water partition coefficient (Wildman–Crippen LogP) is 1.00. The van der Waals surface area contributed by atoms with E-state index in [0.29, 0.717) is 0 Å². The lowest BCUT2D eigenvalue weighted by Crippen LogP contribution is -2.10. The van der Waals surface area contributed by atoms with Gasteiger partial charge < -0.3 is 5.73 Å². The summed E-state index contributed by atoms with van der Waals surface area (Å²) >= 11 is 0. The second-order valence-electron chi connectivity index (χ2n) is 2.83. The lowest BCUT2D eigenvalue weighted by atomic mass is 10.2. The maximum atomic E-state index is 5.72. The van der Waals surface area contributed by atoms with E-state index in [1.165, 1.54) is 0 Å². The Labute approximate surface area is 67.2 Å². The highest BCUT2D eigenvalue weighted by molar-refractivity contribution is 5.12. The van der Waals surface area contributed by atoms with Crippen molar-refractivity contribution in [2.45, 2.75) is 26.3 Å². The van der Waals surface area contributed by atoms with E-state index in [2.05, 4.69) is 18.1 Å². The van der Waals surface area contributed by atoms with Crippen molar-refractivity contribution in [1.29, 1.82) is 0 Å². The van der Waals surface area contributed by atoms with Crippen LogP contribution in [-0.4, -0.2) is 9.78 Å². The van der Waals surface area contributed by atoms with Gasteiger partial charge in [0, 0.05) is 13.1 Å². The molecule has 1 atom stereocenters. The number of aryl methyl sites for hydroxylation is 2. The molecule has 1 aromatic rings. The van der Waals surface area contributed by atoms with Crippen LogP contribution in [0.1, 0.15) is 31.3 Å². The van der Waals surface area contributed by atoms with Gasteiger partial charge in [0.2, 0.25) is 0 Å². The molecule has 3 heteroatoms. The van der Waals surface area contributed by atoms with Crippen LogP contribution in [0.5, 0.6) is 0 Å². The van der Waals surface area contributed by atoms with Crippen LogP contribution in [-0.2, 0) is 13.5 Å². The first kappa shape index (κ1) is 8.27. The molecule has 0 aliphatic carbocycles. The zero-order valence-electron chi connectivity index (χ0n) is 7.33. The van der Waals surface area contributed by atoms with E-state index in [0.717, 1.165) is 17.8 Å². The Kier molecular flexibility index (Phi) is 2.29. The molecule has 1 aromatic heterocycles. The Morgan fingerprint density at radius 3 is 2.64 bits per heavy atom. The Morgan fingerprint density at radius 2 is 2.36 bits per heavy atom. The molecular formula is C8H15N3. The van der Waals surface area contributed by atoms with Gasteiger partial charge in [0.15, 0.2) is 0 Å².